The monoisotopic (exact) mass is 388 g/mol. The van der Waals surface area contributed by atoms with Crippen molar-refractivity contribution in [1.29, 1.82) is 0 Å². The first-order valence-corrected chi connectivity index (χ1v) is 9.64. The Labute approximate surface area is 167 Å². The van der Waals surface area contributed by atoms with E-state index in [1.54, 1.807) is 18.3 Å². The molecule has 4 heterocycles. The van der Waals surface area contributed by atoms with Crippen molar-refractivity contribution in [2.75, 3.05) is 19.3 Å². The quantitative estimate of drug-likeness (QED) is 0.580. The molecule has 7 heteroatoms. The van der Waals surface area contributed by atoms with Gasteiger partial charge in [0.05, 0.1) is 17.1 Å². The summed E-state index contributed by atoms with van der Waals surface area (Å²) in [6.07, 6.45) is 5.88. The van der Waals surface area contributed by atoms with Crippen molar-refractivity contribution in [1.82, 2.24) is 24.3 Å². The molecule has 0 amide bonds. The summed E-state index contributed by atoms with van der Waals surface area (Å²) in [5.74, 6) is -0.0793. The minimum atomic E-state index is -0.280. The average Bonchev–Trinajstić information content (AvgIpc) is 3.10. The van der Waals surface area contributed by atoms with Gasteiger partial charge in [-0.2, -0.15) is 0 Å². The fourth-order valence-electron chi connectivity index (χ4n) is 3.87. The average molecular weight is 388 g/mol. The summed E-state index contributed by atoms with van der Waals surface area (Å²) in [4.78, 5) is 15.6. The predicted octanol–water partition coefficient (Wildman–Crippen LogP) is 3.43. The summed E-state index contributed by atoms with van der Waals surface area (Å²) in [5, 5.41) is 0. The fraction of sp³-hybridized carbons (Fsp3) is 0.227. The molecule has 0 aliphatic carbocycles. The van der Waals surface area contributed by atoms with E-state index in [1.165, 1.54) is 24.1 Å². The molecule has 2 N–H and O–H groups in total. The normalized spacial score (nSPS) is 16.8. The maximum atomic E-state index is 13.5. The number of nitrogens with two attached hydrogens (primary N) is 1. The summed E-state index contributed by atoms with van der Waals surface area (Å²) in [6.45, 7) is 1.16. The third-order valence-corrected chi connectivity index (χ3v) is 5.63. The molecular weight excluding hydrogens is 367 g/mol. The number of pyridine rings is 1. The van der Waals surface area contributed by atoms with E-state index < -0.39 is 0 Å². The van der Waals surface area contributed by atoms with E-state index in [9.17, 15) is 4.39 Å². The van der Waals surface area contributed by atoms with Gasteiger partial charge >= 0.3 is 0 Å². The van der Waals surface area contributed by atoms with Gasteiger partial charge in [-0.05, 0) is 74.5 Å². The molecule has 1 aliphatic heterocycles. The SMILES string of the molecule is CN1CCC1Cc1ccn2c(-c3ccnc(N)n3)c(-c3ccc(F)cc3)nc2c1. The van der Waals surface area contributed by atoms with Crippen LogP contribution in [-0.2, 0) is 6.42 Å². The number of rotatable bonds is 4. The van der Waals surface area contributed by atoms with E-state index in [0.29, 0.717) is 11.7 Å². The first-order chi connectivity index (χ1) is 14.1. The Balaban J connectivity index is 1.66. The van der Waals surface area contributed by atoms with Crippen LogP contribution in [0.3, 0.4) is 0 Å². The number of anilines is 1. The van der Waals surface area contributed by atoms with Crippen LogP contribution in [-0.4, -0.2) is 43.9 Å². The van der Waals surface area contributed by atoms with Crippen LogP contribution in [0.4, 0.5) is 10.3 Å². The van der Waals surface area contributed by atoms with Crippen LogP contribution in [0.1, 0.15) is 12.0 Å². The van der Waals surface area contributed by atoms with Crippen molar-refractivity contribution in [3.8, 4) is 22.6 Å². The zero-order valence-electron chi connectivity index (χ0n) is 16.1. The van der Waals surface area contributed by atoms with E-state index in [-0.39, 0.29) is 11.8 Å². The van der Waals surface area contributed by atoms with Gasteiger partial charge in [-0.1, -0.05) is 0 Å². The lowest BCUT2D eigenvalue weighted by molar-refractivity contribution is 0.127. The molecule has 1 saturated heterocycles. The zero-order chi connectivity index (χ0) is 20.0. The van der Waals surface area contributed by atoms with Gasteiger partial charge in [0, 0.05) is 24.0 Å². The number of fused-ring (bicyclic) bond motifs is 1. The lowest BCUT2D eigenvalue weighted by atomic mass is 9.97. The van der Waals surface area contributed by atoms with Crippen LogP contribution in [0.25, 0.3) is 28.3 Å². The highest BCUT2D eigenvalue weighted by atomic mass is 19.1. The molecule has 0 spiro atoms. The molecule has 1 fully saturated rings. The van der Waals surface area contributed by atoms with Gasteiger partial charge in [0.25, 0.3) is 0 Å². The fourth-order valence-corrected chi connectivity index (χ4v) is 3.87. The summed E-state index contributed by atoms with van der Waals surface area (Å²) in [7, 11) is 2.16. The molecule has 1 atom stereocenters. The summed E-state index contributed by atoms with van der Waals surface area (Å²) in [5.41, 5.74) is 11.0. The van der Waals surface area contributed by atoms with Gasteiger partial charge in [0.1, 0.15) is 11.5 Å². The molecule has 1 aromatic carbocycles. The highest BCUT2D eigenvalue weighted by Crippen LogP contribution is 2.32. The second-order valence-electron chi connectivity index (χ2n) is 7.51. The molecule has 0 radical (unpaired) electrons. The Morgan fingerprint density at radius 1 is 1.14 bits per heavy atom. The van der Waals surface area contributed by atoms with Crippen molar-refractivity contribution in [3.05, 3.63) is 66.2 Å². The van der Waals surface area contributed by atoms with Gasteiger partial charge < -0.3 is 10.6 Å². The number of halogens is 1. The molecule has 4 aromatic rings. The number of hydrogen-bond acceptors (Lipinski definition) is 5. The summed E-state index contributed by atoms with van der Waals surface area (Å²) < 4.78 is 15.5. The van der Waals surface area contributed by atoms with Crippen molar-refractivity contribution in [2.24, 2.45) is 0 Å². The van der Waals surface area contributed by atoms with E-state index >= 15 is 0 Å². The summed E-state index contributed by atoms with van der Waals surface area (Å²) in [6, 6.07) is 13.0. The Bertz CT molecular complexity index is 1180. The van der Waals surface area contributed by atoms with Crippen molar-refractivity contribution in [2.45, 2.75) is 18.9 Å². The standard InChI is InChI=1S/C22H21FN6/c1-28-10-8-17(28)12-14-7-11-29-19(13-14)27-20(15-2-4-16(23)5-3-15)21(29)18-6-9-25-22(24)26-18/h2-7,9,11,13,17H,8,10,12H2,1H3,(H2,24,25,26). The van der Waals surface area contributed by atoms with Gasteiger partial charge in [0.2, 0.25) is 5.95 Å². The van der Waals surface area contributed by atoms with Gasteiger partial charge in [0.15, 0.2) is 0 Å². The smallest absolute Gasteiger partial charge is 0.220 e. The zero-order valence-corrected chi connectivity index (χ0v) is 16.1. The lowest BCUT2D eigenvalue weighted by Crippen LogP contribution is -2.45. The second-order valence-corrected chi connectivity index (χ2v) is 7.51. The Hall–Kier alpha value is -3.32. The molecule has 5 rings (SSSR count). The number of benzene rings is 1. The highest BCUT2D eigenvalue weighted by molar-refractivity contribution is 5.80. The first-order valence-electron chi connectivity index (χ1n) is 9.64. The van der Waals surface area contributed by atoms with Crippen molar-refractivity contribution in [3.63, 3.8) is 0 Å². The topological polar surface area (TPSA) is 72.3 Å². The van der Waals surface area contributed by atoms with Crippen LogP contribution < -0.4 is 5.73 Å². The largest absolute Gasteiger partial charge is 0.368 e. The molecule has 1 aliphatic rings. The summed E-state index contributed by atoms with van der Waals surface area (Å²) >= 11 is 0. The molecule has 1 unspecified atom stereocenters. The first kappa shape index (κ1) is 17.8. The van der Waals surface area contributed by atoms with E-state index in [4.69, 9.17) is 10.7 Å². The van der Waals surface area contributed by atoms with Gasteiger partial charge in [-0.3, -0.25) is 4.40 Å². The van der Waals surface area contributed by atoms with Crippen LogP contribution in [0.2, 0.25) is 0 Å². The maximum absolute atomic E-state index is 13.5. The van der Waals surface area contributed by atoms with Gasteiger partial charge in [-0.25, -0.2) is 19.3 Å². The number of likely N-dealkylation sites (tertiary alicyclic amines) is 1. The number of imidazole rings is 1. The third-order valence-electron chi connectivity index (χ3n) is 5.63. The Morgan fingerprint density at radius 2 is 1.97 bits per heavy atom. The third kappa shape index (κ3) is 3.23. The molecule has 3 aromatic heterocycles. The van der Waals surface area contributed by atoms with E-state index in [1.807, 2.05) is 16.7 Å². The molecule has 146 valence electrons. The lowest BCUT2D eigenvalue weighted by Gasteiger charge is -2.38. The van der Waals surface area contributed by atoms with Crippen LogP contribution in [0.15, 0.2) is 54.9 Å². The van der Waals surface area contributed by atoms with Crippen LogP contribution >= 0.6 is 0 Å². The number of nitrogen functional groups attached to an aromatic ring is 1. The number of aromatic nitrogens is 4. The van der Waals surface area contributed by atoms with E-state index in [0.717, 1.165) is 35.6 Å². The number of likely N-dealkylation sites (N-methyl/N-ethyl adjacent to an activating group) is 1. The van der Waals surface area contributed by atoms with Gasteiger partial charge in [-0.15, -0.1) is 0 Å². The predicted molar refractivity (Wildman–Crippen MR) is 111 cm³/mol. The molecular formula is C22H21FN6. The minimum Gasteiger partial charge on any atom is -0.368 e. The van der Waals surface area contributed by atoms with Crippen molar-refractivity contribution >= 4 is 11.6 Å². The number of hydrogen-bond donors (Lipinski definition) is 1. The molecule has 0 saturated carbocycles. The Kier molecular flexibility index (Phi) is 4.24. The highest BCUT2D eigenvalue weighted by Gasteiger charge is 2.24. The molecule has 29 heavy (non-hydrogen) atoms. The minimum absolute atomic E-state index is 0.201. The maximum Gasteiger partial charge on any atom is 0.220 e. The van der Waals surface area contributed by atoms with Crippen molar-refractivity contribution < 1.29 is 4.39 Å². The van der Waals surface area contributed by atoms with Crippen LogP contribution in [0.5, 0.6) is 0 Å². The molecule has 0 bridgehead atoms. The second kappa shape index (κ2) is 6.93. The van der Waals surface area contributed by atoms with Crippen LogP contribution in [0, 0.1) is 5.82 Å². The van der Waals surface area contributed by atoms with E-state index in [2.05, 4.69) is 34.0 Å². The number of nitrogens with zero attached hydrogens (tertiary/aromatic N) is 5. The Morgan fingerprint density at radius 3 is 2.66 bits per heavy atom. The molecule has 6 nitrogen and oxygen atoms in total.